The number of nitrogens with one attached hydrogen (secondary N) is 1. The van der Waals surface area contributed by atoms with Gasteiger partial charge in [-0.25, -0.2) is 0 Å². The van der Waals surface area contributed by atoms with Crippen molar-refractivity contribution in [2.75, 3.05) is 7.05 Å². The molecule has 0 aliphatic rings. The van der Waals surface area contributed by atoms with Crippen LogP contribution in [0.2, 0.25) is 0 Å². The average molecular weight is 209 g/mol. The third-order valence-corrected chi connectivity index (χ3v) is 3.14. The number of nitrogens with zero attached hydrogens (tertiary/aromatic N) is 2. The highest BCUT2D eigenvalue weighted by Gasteiger charge is 2.27. The van der Waals surface area contributed by atoms with E-state index < -0.39 is 0 Å². The summed E-state index contributed by atoms with van der Waals surface area (Å²) >= 11 is 0. The first-order valence-electron chi connectivity index (χ1n) is 5.18. The average Bonchev–Trinajstić information content (AvgIpc) is 2.62. The zero-order valence-electron chi connectivity index (χ0n) is 10.1. The lowest BCUT2D eigenvalue weighted by Crippen LogP contribution is -2.44. The van der Waals surface area contributed by atoms with Crippen LogP contribution in [-0.4, -0.2) is 33.6 Å². The van der Waals surface area contributed by atoms with Gasteiger partial charge in [0.05, 0.1) is 11.8 Å². The number of amides is 1. The quantitative estimate of drug-likeness (QED) is 0.827. The third kappa shape index (κ3) is 2.19. The van der Waals surface area contributed by atoms with Crippen molar-refractivity contribution in [3.63, 3.8) is 0 Å². The zero-order chi connectivity index (χ0) is 11.6. The van der Waals surface area contributed by atoms with Crippen molar-refractivity contribution in [2.24, 2.45) is 0 Å². The van der Waals surface area contributed by atoms with Crippen LogP contribution >= 0.6 is 0 Å². The van der Waals surface area contributed by atoms with E-state index in [-0.39, 0.29) is 11.4 Å². The molecule has 1 amide bonds. The molecular formula is C11H19N3O. The highest BCUT2D eigenvalue weighted by Crippen LogP contribution is 2.19. The molecule has 0 unspecified atom stereocenters. The molecule has 1 N–H and O–H groups in total. The molecule has 0 radical (unpaired) electrons. The Kier molecular flexibility index (Phi) is 3.17. The number of hydrogen-bond donors (Lipinski definition) is 1. The van der Waals surface area contributed by atoms with E-state index in [1.807, 2.05) is 14.0 Å². The van der Waals surface area contributed by atoms with Gasteiger partial charge in [-0.2, -0.15) is 5.10 Å². The normalized spacial score (nSPS) is 11.5. The van der Waals surface area contributed by atoms with Gasteiger partial charge in [-0.05, 0) is 27.2 Å². The van der Waals surface area contributed by atoms with Crippen LogP contribution in [0.1, 0.15) is 43.2 Å². The number of carbonyl (C=O) groups excluding carboxylic acids is 1. The van der Waals surface area contributed by atoms with Gasteiger partial charge in [0.25, 0.3) is 5.91 Å². The lowest BCUT2D eigenvalue weighted by molar-refractivity contribution is 0.0619. The van der Waals surface area contributed by atoms with Gasteiger partial charge in [-0.15, -0.1) is 0 Å². The number of rotatable bonds is 3. The number of H-pyrrole nitrogens is 1. The van der Waals surface area contributed by atoms with Crippen molar-refractivity contribution in [1.29, 1.82) is 0 Å². The molecule has 1 aromatic rings. The minimum absolute atomic E-state index is 0.0214. The second kappa shape index (κ2) is 4.04. The Balaban J connectivity index is 2.92. The van der Waals surface area contributed by atoms with E-state index in [1.165, 1.54) is 0 Å². The minimum Gasteiger partial charge on any atom is -0.336 e. The minimum atomic E-state index is -0.124. The molecule has 4 nitrogen and oxygen atoms in total. The van der Waals surface area contributed by atoms with Crippen molar-refractivity contribution >= 4 is 5.91 Å². The fourth-order valence-electron chi connectivity index (χ4n) is 1.26. The molecule has 0 saturated heterocycles. The molecule has 84 valence electrons. The Labute approximate surface area is 90.7 Å². The van der Waals surface area contributed by atoms with Crippen LogP contribution in [0.15, 0.2) is 6.20 Å². The molecule has 4 heteroatoms. The maximum Gasteiger partial charge on any atom is 0.257 e. The number of aryl methyl sites for hydroxylation is 1. The highest BCUT2D eigenvalue weighted by atomic mass is 16.2. The molecule has 0 aliphatic heterocycles. The first-order valence-corrected chi connectivity index (χ1v) is 5.18. The number of aromatic amines is 1. The molecule has 0 aromatic carbocycles. The van der Waals surface area contributed by atoms with Crippen LogP contribution in [0.3, 0.4) is 0 Å². The first-order chi connectivity index (χ1) is 6.90. The van der Waals surface area contributed by atoms with Gasteiger partial charge >= 0.3 is 0 Å². The van der Waals surface area contributed by atoms with Gasteiger partial charge in [0.15, 0.2) is 0 Å². The van der Waals surface area contributed by atoms with Crippen LogP contribution < -0.4 is 0 Å². The van der Waals surface area contributed by atoms with Gasteiger partial charge in [-0.1, -0.05) is 6.92 Å². The fraction of sp³-hybridized carbons (Fsp3) is 0.636. The molecule has 1 heterocycles. The Hall–Kier alpha value is -1.32. The van der Waals surface area contributed by atoms with E-state index in [1.54, 1.807) is 11.1 Å². The van der Waals surface area contributed by atoms with Gasteiger partial charge in [0, 0.05) is 18.3 Å². The summed E-state index contributed by atoms with van der Waals surface area (Å²) in [6, 6.07) is 0. The van der Waals surface area contributed by atoms with Gasteiger partial charge < -0.3 is 4.90 Å². The lowest BCUT2D eigenvalue weighted by atomic mass is 9.99. The highest BCUT2D eigenvalue weighted by molar-refractivity contribution is 5.95. The zero-order valence-corrected chi connectivity index (χ0v) is 10.1. The fourth-order valence-corrected chi connectivity index (χ4v) is 1.26. The number of aromatic nitrogens is 2. The van der Waals surface area contributed by atoms with Crippen LogP contribution in [0, 0.1) is 6.92 Å². The molecule has 0 atom stereocenters. The van der Waals surface area contributed by atoms with Crippen molar-refractivity contribution in [3.8, 4) is 0 Å². The summed E-state index contributed by atoms with van der Waals surface area (Å²) < 4.78 is 0. The van der Waals surface area contributed by atoms with Crippen molar-refractivity contribution < 1.29 is 4.79 Å². The van der Waals surface area contributed by atoms with E-state index in [2.05, 4.69) is 31.0 Å². The predicted octanol–water partition coefficient (Wildman–Crippen LogP) is 1.98. The first kappa shape index (κ1) is 11.8. The van der Waals surface area contributed by atoms with Crippen molar-refractivity contribution in [3.05, 3.63) is 17.5 Å². The Bertz CT molecular complexity index is 354. The Morgan fingerprint density at radius 3 is 2.60 bits per heavy atom. The van der Waals surface area contributed by atoms with Crippen LogP contribution in [0.5, 0.6) is 0 Å². The molecular weight excluding hydrogens is 190 g/mol. The topological polar surface area (TPSA) is 49.0 Å². The van der Waals surface area contributed by atoms with E-state index in [4.69, 9.17) is 0 Å². The SMILES string of the molecule is CCC(C)(C)N(C)C(=O)c1cn[nH]c1C. The summed E-state index contributed by atoms with van der Waals surface area (Å²) in [5.74, 6) is 0.0214. The number of hydrogen-bond acceptors (Lipinski definition) is 2. The summed E-state index contributed by atoms with van der Waals surface area (Å²) in [5.41, 5.74) is 1.35. The standard InChI is InChI=1S/C11H19N3O/c1-6-11(3,4)14(5)10(15)9-7-12-13-8(9)2/h7H,6H2,1-5H3,(H,12,13). The van der Waals surface area contributed by atoms with Gasteiger partial charge in [0.2, 0.25) is 0 Å². The van der Waals surface area contributed by atoms with E-state index in [0.717, 1.165) is 12.1 Å². The third-order valence-electron chi connectivity index (χ3n) is 3.14. The monoisotopic (exact) mass is 209 g/mol. The van der Waals surface area contributed by atoms with Crippen LogP contribution in [-0.2, 0) is 0 Å². The maximum absolute atomic E-state index is 12.1. The molecule has 0 fully saturated rings. The lowest BCUT2D eigenvalue weighted by Gasteiger charge is -2.34. The second-order valence-electron chi connectivity index (χ2n) is 4.44. The van der Waals surface area contributed by atoms with E-state index in [9.17, 15) is 4.79 Å². The van der Waals surface area contributed by atoms with Gasteiger partial charge in [-0.3, -0.25) is 9.89 Å². The summed E-state index contributed by atoms with van der Waals surface area (Å²) in [6.45, 7) is 8.04. The molecule has 0 bridgehead atoms. The Morgan fingerprint density at radius 2 is 2.20 bits per heavy atom. The van der Waals surface area contributed by atoms with Crippen molar-refractivity contribution in [2.45, 2.75) is 39.7 Å². The molecule has 1 aromatic heterocycles. The smallest absolute Gasteiger partial charge is 0.257 e. The van der Waals surface area contributed by atoms with Gasteiger partial charge in [0.1, 0.15) is 0 Å². The molecule has 0 spiro atoms. The summed E-state index contributed by atoms with van der Waals surface area (Å²) in [6.07, 6.45) is 2.51. The predicted molar refractivity (Wildman–Crippen MR) is 59.8 cm³/mol. The second-order valence-corrected chi connectivity index (χ2v) is 4.44. The summed E-state index contributed by atoms with van der Waals surface area (Å²) in [5, 5.41) is 6.64. The van der Waals surface area contributed by atoms with Crippen molar-refractivity contribution in [1.82, 2.24) is 15.1 Å². The Morgan fingerprint density at radius 1 is 1.60 bits per heavy atom. The molecule has 0 aliphatic carbocycles. The molecule has 0 saturated carbocycles. The van der Waals surface area contributed by atoms with Crippen LogP contribution in [0.4, 0.5) is 0 Å². The van der Waals surface area contributed by atoms with E-state index in [0.29, 0.717) is 5.56 Å². The van der Waals surface area contributed by atoms with E-state index >= 15 is 0 Å². The summed E-state index contributed by atoms with van der Waals surface area (Å²) in [4.78, 5) is 13.9. The summed E-state index contributed by atoms with van der Waals surface area (Å²) in [7, 11) is 1.83. The largest absolute Gasteiger partial charge is 0.336 e. The van der Waals surface area contributed by atoms with Crippen LogP contribution in [0.25, 0.3) is 0 Å². The molecule has 15 heavy (non-hydrogen) atoms. The maximum atomic E-state index is 12.1. The number of carbonyl (C=O) groups is 1. The molecule has 1 rings (SSSR count).